The summed E-state index contributed by atoms with van der Waals surface area (Å²) in [5.41, 5.74) is 0.876. The summed E-state index contributed by atoms with van der Waals surface area (Å²) < 4.78 is 4.73. The van der Waals surface area contributed by atoms with Crippen molar-refractivity contribution in [2.45, 2.75) is 5.88 Å². The highest BCUT2D eigenvalue weighted by Crippen LogP contribution is 1.97. The molecule has 1 aromatic heterocycles. The number of hydrogen-bond acceptors (Lipinski definition) is 2. The van der Waals surface area contributed by atoms with Crippen LogP contribution in [0.4, 0.5) is 0 Å². The highest BCUT2D eigenvalue weighted by atomic mass is 35.5. The zero-order chi connectivity index (χ0) is 5.98. The first kappa shape index (κ1) is 5.70. The molecule has 8 heavy (non-hydrogen) atoms. The molecule has 0 fully saturated rings. The molecular weight excluding hydrogens is 124 g/mol. The maximum atomic E-state index is 5.41. The van der Waals surface area contributed by atoms with Gasteiger partial charge in [-0.15, -0.1) is 11.6 Å². The standard InChI is InChI=1S/C4H5BClNO/c5-4-1-3(2-6)8-7-4/h1H,2,5H2. The smallest absolute Gasteiger partial charge is 0.168 e. The molecule has 0 aromatic carbocycles. The summed E-state index contributed by atoms with van der Waals surface area (Å²) in [6.45, 7) is 0. The molecule has 0 radical (unpaired) electrons. The summed E-state index contributed by atoms with van der Waals surface area (Å²) in [6.07, 6.45) is 0. The number of rotatable bonds is 1. The van der Waals surface area contributed by atoms with Crippen LogP contribution in [0.1, 0.15) is 5.76 Å². The highest BCUT2D eigenvalue weighted by molar-refractivity contribution is 6.30. The molecule has 0 saturated carbocycles. The molecule has 0 aliphatic heterocycles. The molecular formula is C4H5BClNO. The lowest BCUT2D eigenvalue weighted by molar-refractivity contribution is 0.399. The Balaban J connectivity index is 2.84. The van der Waals surface area contributed by atoms with Crippen molar-refractivity contribution in [1.82, 2.24) is 5.16 Å². The predicted molar refractivity (Wildman–Crippen MR) is 34.2 cm³/mol. The van der Waals surface area contributed by atoms with Crippen molar-refractivity contribution < 1.29 is 4.52 Å². The molecule has 1 heterocycles. The van der Waals surface area contributed by atoms with Gasteiger partial charge in [0.2, 0.25) is 0 Å². The maximum Gasteiger partial charge on any atom is 0.168 e. The fourth-order valence-corrected chi connectivity index (χ4v) is 0.605. The summed E-state index contributed by atoms with van der Waals surface area (Å²) in [5, 5.41) is 3.63. The molecule has 0 aliphatic rings. The second kappa shape index (κ2) is 2.22. The Bertz CT molecular complexity index is 176. The molecule has 0 unspecified atom stereocenters. The van der Waals surface area contributed by atoms with Gasteiger partial charge in [-0.05, 0) is 6.07 Å². The lowest BCUT2D eigenvalue weighted by atomic mass is 10.1. The monoisotopic (exact) mass is 129 g/mol. The van der Waals surface area contributed by atoms with Crippen molar-refractivity contribution >= 4 is 25.0 Å². The molecule has 0 aliphatic carbocycles. The number of alkyl halides is 1. The highest BCUT2D eigenvalue weighted by Gasteiger charge is 1.94. The minimum atomic E-state index is 0.404. The van der Waals surface area contributed by atoms with Crippen LogP contribution in [-0.2, 0) is 5.88 Å². The Morgan fingerprint density at radius 3 is 2.88 bits per heavy atom. The molecule has 0 amide bonds. The van der Waals surface area contributed by atoms with Gasteiger partial charge in [-0.25, -0.2) is 0 Å². The Morgan fingerprint density at radius 2 is 2.62 bits per heavy atom. The van der Waals surface area contributed by atoms with E-state index in [0.717, 1.165) is 11.4 Å². The van der Waals surface area contributed by atoms with Gasteiger partial charge in [-0.1, -0.05) is 5.16 Å². The number of hydrogen-bond donors (Lipinski definition) is 0. The fraction of sp³-hybridized carbons (Fsp3) is 0.250. The van der Waals surface area contributed by atoms with Gasteiger partial charge in [0.25, 0.3) is 0 Å². The molecule has 0 spiro atoms. The summed E-state index contributed by atoms with van der Waals surface area (Å²) >= 11 is 5.41. The Labute approximate surface area is 53.2 Å². The molecule has 42 valence electrons. The quantitative estimate of drug-likeness (QED) is 0.383. The third-order valence-electron chi connectivity index (χ3n) is 0.808. The number of aromatic nitrogens is 1. The van der Waals surface area contributed by atoms with Gasteiger partial charge < -0.3 is 4.52 Å². The lowest BCUT2D eigenvalue weighted by Gasteiger charge is -1.74. The summed E-state index contributed by atoms with van der Waals surface area (Å²) in [6, 6.07) is 1.81. The van der Waals surface area contributed by atoms with Crippen LogP contribution >= 0.6 is 11.6 Å². The normalized spacial score (nSPS) is 9.62. The second-order valence-corrected chi connectivity index (χ2v) is 1.84. The molecule has 4 heteroatoms. The zero-order valence-corrected chi connectivity index (χ0v) is 5.27. The van der Waals surface area contributed by atoms with Gasteiger partial charge >= 0.3 is 0 Å². The predicted octanol–water partition coefficient (Wildman–Crippen LogP) is -0.328. The number of halogens is 1. The van der Waals surface area contributed by atoms with Crippen LogP contribution < -0.4 is 5.59 Å². The van der Waals surface area contributed by atoms with Crippen LogP contribution in [0, 0.1) is 0 Å². The second-order valence-electron chi connectivity index (χ2n) is 1.57. The third kappa shape index (κ3) is 1.04. The molecule has 1 aromatic rings. The van der Waals surface area contributed by atoms with Crippen molar-refractivity contribution in [3.8, 4) is 0 Å². The van der Waals surface area contributed by atoms with Crippen molar-refractivity contribution in [3.63, 3.8) is 0 Å². The van der Waals surface area contributed by atoms with Crippen molar-refractivity contribution in [2.75, 3.05) is 0 Å². The van der Waals surface area contributed by atoms with Gasteiger partial charge in [0.05, 0.1) is 5.88 Å². The molecule has 0 bridgehead atoms. The van der Waals surface area contributed by atoms with Crippen LogP contribution in [0.2, 0.25) is 0 Å². The van der Waals surface area contributed by atoms with Crippen LogP contribution in [-0.4, -0.2) is 13.0 Å². The van der Waals surface area contributed by atoms with Crippen LogP contribution in [0.5, 0.6) is 0 Å². The van der Waals surface area contributed by atoms with E-state index in [1.165, 1.54) is 0 Å². The lowest BCUT2D eigenvalue weighted by Crippen LogP contribution is -1.99. The molecule has 0 saturated heterocycles. The van der Waals surface area contributed by atoms with E-state index in [1.54, 1.807) is 0 Å². The van der Waals surface area contributed by atoms with Crippen molar-refractivity contribution in [3.05, 3.63) is 11.8 Å². The van der Waals surface area contributed by atoms with Gasteiger partial charge in [0.1, 0.15) is 0 Å². The van der Waals surface area contributed by atoms with Crippen molar-refractivity contribution in [2.24, 2.45) is 0 Å². The average molecular weight is 129 g/mol. The molecule has 1 rings (SSSR count). The minimum Gasteiger partial charge on any atom is -0.361 e. The zero-order valence-electron chi connectivity index (χ0n) is 4.52. The number of nitrogens with zero attached hydrogens (tertiary/aromatic N) is 1. The van der Waals surface area contributed by atoms with Gasteiger partial charge in [0.15, 0.2) is 13.6 Å². The Morgan fingerprint density at radius 1 is 1.88 bits per heavy atom. The van der Waals surface area contributed by atoms with Crippen LogP contribution in [0.3, 0.4) is 0 Å². The Kier molecular flexibility index (Phi) is 1.58. The Hall–Kier alpha value is -0.435. The third-order valence-corrected chi connectivity index (χ3v) is 1.07. The van der Waals surface area contributed by atoms with Crippen LogP contribution in [0.25, 0.3) is 0 Å². The van der Waals surface area contributed by atoms with Crippen molar-refractivity contribution in [1.29, 1.82) is 0 Å². The summed E-state index contributed by atoms with van der Waals surface area (Å²) in [4.78, 5) is 0. The van der Waals surface area contributed by atoms with Gasteiger partial charge in [-0.2, -0.15) is 0 Å². The first-order valence-electron chi connectivity index (χ1n) is 2.31. The maximum absolute atomic E-state index is 5.41. The first-order valence-corrected chi connectivity index (χ1v) is 2.84. The summed E-state index contributed by atoms with van der Waals surface area (Å²) in [5.74, 6) is 1.13. The van der Waals surface area contributed by atoms with E-state index in [4.69, 9.17) is 16.1 Å². The van der Waals surface area contributed by atoms with Gasteiger partial charge in [-0.3, -0.25) is 0 Å². The van der Waals surface area contributed by atoms with E-state index in [-0.39, 0.29) is 0 Å². The van der Waals surface area contributed by atoms with E-state index in [0.29, 0.717) is 5.88 Å². The van der Waals surface area contributed by atoms with E-state index in [2.05, 4.69) is 5.16 Å². The van der Waals surface area contributed by atoms with E-state index in [9.17, 15) is 0 Å². The van der Waals surface area contributed by atoms with E-state index >= 15 is 0 Å². The first-order chi connectivity index (χ1) is 3.83. The SMILES string of the molecule is Bc1cc(CCl)on1. The van der Waals surface area contributed by atoms with E-state index < -0.39 is 0 Å². The molecule has 2 nitrogen and oxygen atoms in total. The topological polar surface area (TPSA) is 26.0 Å². The largest absolute Gasteiger partial charge is 0.361 e. The average Bonchev–Trinajstić information content (AvgIpc) is 2.14. The van der Waals surface area contributed by atoms with E-state index in [1.807, 2.05) is 13.9 Å². The summed E-state index contributed by atoms with van der Waals surface area (Å²) in [7, 11) is 1.86. The molecule has 0 atom stereocenters. The minimum absolute atomic E-state index is 0.404. The van der Waals surface area contributed by atoms with Gasteiger partial charge in [0, 0.05) is 5.59 Å². The van der Waals surface area contributed by atoms with Crippen LogP contribution in [0.15, 0.2) is 10.6 Å². The molecule has 0 N–H and O–H groups in total. The fourth-order valence-electron chi connectivity index (χ4n) is 0.479.